The van der Waals surface area contributed by atoms with E-state index in [4.69, 9.17) is 9.72 Å². The van der Waals surface area contributed by atoms with Crippen LogP contribution < -0.4 is 21.1 Å². The molecule has 0 saturated carbocycles. The normalized spacial score (nSPS) is 19.7. The van der Waals surface area contributed by atoms with Crippen molar-refractivity contribution in [2.75, 3.05) is 55.4 Å². The van der Waals surface area contributed by atoms with Crippen LogP contribution in [0, 0.1) is 12.3 Å². The van der Waals surface area contributed by atoms with Crippen LogP contribution in [0.25, 0.3) is 11.3 Å². The van der Waals surface area contributed by atoms with Gasteiger partial charge in [0.15, 0.2) is 5.82 Å². The largest absolute Gasteiger partial charge is 0.378 e. The summed E-state index contributed by atoms with van der Waals surface area (Å²) in [6.45, 7) is 13.6. The number of nitrogens with one attached hydrogen (secondary N) is 2. The quantitative estimate of drug-likeness (QED) is 0.258. The number of hydrogen-bond acceptors (Lipinski definition) is 9. The third kappa shape index (κ3) is 6.08. The number of ether oxygens (including phenoxy) is 1. The van der Waals surface area contributed by atoms with Crippen LogP contribution >= 0.6 is 0 Å². The summed E-state index contributed by atoms with van der Waals surface area (Å²) >= 11 is 0. The van der Waals surface area contributed by atoms with Gasteiger partial charge in [-0.1, -0.05) is 26.5 Å². The van der Waals surface area contributed by atoms with Gasteiger partial charge in [-0.05, 0) is 61.1 Å². The first-order chi connectivity index (χ1) is 25.8. The molecule has 0 radical (unpaired) electrons. The van der Waals surface area contributed by atoms with Crippen LogP contribution in [0.4, 0.5) is 23.0 Å². The molecule has 0 bridgehead atoms. The van der Waals surface area contributed by atoms with Crippen LogP contribution in [0.5, 0.6) is 0 Å². The first-order valence-corrected chi connectivity index (χ1v) is 18.3. The van der Waals surface area contributed by atoms with E-state index < -0.39 is 11.9 Å². The van der Waals surface area contributed by atoms with Crippen molar-refractivity contribution in [3.8, 4) is 11.3 Å². The fraction of sp³-hybridized carbons (Fsp3) is 0.400. The molecule has 3 aromatic heterocycles. The highest BCUT2D eigenvalue weighted by atomic mass is 16.5. The van der Waals surface area contributed by atoms with Gasteiger partial charge in [0.2, 0.25) is 11.8 Å². The Morgan fingerprint density at radius 2 is 1.83 bits per heavy atom. The van der Waals surface area contributed by atoms with Crippen molar-refractivity contribution in [3.63, 3.8) is 0 Å². The Balaban J connectivity index is 1.11. The molecule has 1 aromatic carbocycles. The number of rotatable bonds is 8. The van der Waals surface area contributed by atoms with Crippen molar-refractivity contribution in [2.24, 2.45) is 12.5 Å². The van der Waals surface area contributed by atoms with Gasteiger partial charge in [-0.2, -0.15) is 0 Å². The minimum Gasteiger partial charge on any atom is -0.378 e. The molecular weight excluding hydrogens is 686 g/mol. The summed E-state index contributed by atoms with van der Waals surface area (Å²) in [4.78, 5) is 68.7. The van der Waals surface area contributed by atoms with Crippen molar-refractivity contribution in [2.45, 2.75) is 52.2 Å². The van der Waals surface area contributed by atoms with E-state index >= 15 is 0 Å². The summed E-state index contributed by atoms with van der Waals surface area (Å²) in [6.07, 6.45) is 6.41. The zero-order valence-corrected chi connectivity index (χ0v) is 31.3. The number of carbonyl (C=O) groups is 3. The van der Waals surface area contributed by atoms with E-state index in [1.165, 1.54) is 21.9 Å². The summed E-state index contributed by atoms with van der Waals surface area (Å²) in [6, 6.07) is 8.61. The lowest BCUT2D eigenvalue weighted by molar-refractivity contribution is -0.151. The molecule has 280 valence electrons. The predicted molar refractivity (Wildman–Crippen MR) is 205 cm³/mol. The summed E-state index contributed by atoms with van der Waals surface area (Å²) in [5, 5.41) is 6.04. The second-order valence-electron chi connectivity index (χ2n) is 15.5. The molecule has 8 rings (SSSR count). The summed E-state index contributed by atoms with van der Waals surface area (Å²) in [5.41, 5.74) is 6.58. The maximum absolute atomic E-state index is 13.9. The molecule has 0 spiro atoms. The van der Waals surface area contributed by atoms with E-state index in [-0.39, 0.29) is 34.6 Å². The zero-order valence-electron chi connectivity index (χ0n) is 31.3. The van der Waals surface area contributed by atoms with Crippen molar-refractivity contribution < 1.29 is 19.1 Å². The summed E-state index contributed by atoms with van der Waals surface area (Å²) in [7, 11) is 3.43. The molecule has 1 atom stereocenters. The number of piperazine rings is 1. The number of hydrogen-bond donors (Lipinski definition) is 2. The number of carbonyl (C=O) groups excluding carboxylic acids is 3. The molecular formula is C40H45N9O5. The number of anilines is 4. The van der Waals surface area contributed by atoms with Gasteiger partial charge in [0.05, 0.1) is 24.9 Å². The van der Waals surface area contributed by atoms with Gasteiger partial charge >= 0.3 is 0 Å². The molecule has 54 heavy (non-hydrogen) atoms. The number of nitrogens with zero attached hydrogens (tertiary/aromatic N) is 7. The van der Waals surface area contributed by atoms with Crippen LogP contribution in [0.3, 0.4) is 0 Å². The lowest BCUT2D eigenvalue weighted by atomic mass is 9.90. The van der Waals surface area contributed by atoms with E-state index in [1.54, 1.807) is 54.5 Å². The second-order valence-corrected chi connectivity index (χ2v) is 15.5. The van der Waals surface area contributed by atoms with Gasteiger partial charge in [-0.15, -0.1) is 0 Å². The lowest BCUT2D eigenvalue weighted by Crippen LogP contribution is -2.59. The summed E-state index contributed by atoms with van der Waals surface area (Å²) in [5.74, 6) is 0.0282. The Labute approximate surface area is 313 Å². The Bertz CT molecular complexity index is 2290. The number of aromatic nitrogens is 4. The third-order valence-electron chi connectivity index (χ3n) is 11.2. The van der Waals surface area contributed by atoms with Gasteiger partial charge in [0, 0.05) is 86.4 Å². The molecule has 4 aliphatic rings. The highest BCUT2D eigenvalue weighted by Crippen LogP contribution is 2.40. The molecule has 14 nitrogen and oxygen atoms in total. The standard InChI is InChI=1S/C40H45N9O5/c1-7-33(50)43-29-17-25(8-9-28(29)34-38(52)45(5)12-13-47(34)26-21-54-22-26)42-35-39(53)46(6)20-30(44-35)27-10-11-41-36(23(27)2)49-15-14-48-31(37(49)51)16-24-18-40(3,4)19-32(24)48/h7-11,16-17,20,26,34H,1,12-15,18-19,21-22H2,2-6H3,(H,42,44)(H,43,50)/t34-/m1/s1. The Hall–Kier alpha value is -5.60. The first kappa shape index (κ1) is 35.4. The fourth-order valence-electron chi connectivity index (χ4n) is 8.28. The van der Waals surface area contributed by atoms with Crippen LogP contribution in [0.15, 0.2) is 60.2 Å². The minimum atomic E-state index is -0.630. The molecule has 14 heteroatoms. The van der Waals surface area contributed by atoms with Crippen LogP contribution in [0.1, 0.15) is 52.8 Å². The Kier molecular flexibility index (Phi) is 8.77. The topological polar surface area (TPSA) is 147 Å². The van der Waals surface area contributed by atoms with Crippen LogP contribution in [-0.2, 0) is 40.8 Å². The van der Waals surface area contributed by atoms with Crippen LogP contribution in [0.2, 0.25) is 0 Å². The molecule has 1 aliphatic carbocycles. The number of benzene rings is 1. The summed E-state index contributed by atoms with van der Waals surface area (Å²) < 4.78 is 9.09. The maximum atomic E-state index is 13.9. The van der Waals surface area contributed by atoms with Crippen molar-refractivity contribution >= 4 is 40.7 Å². The number of amides is 3. The number of pyridine rings is 1. The maximum Gasteiger partial charge on any atom is 0.293 e. The highest BCUT2D eigenvalue weighted by molar-refractivity contribution is 6.06. The Morgan fingerprint density at radius 1 is 1.04 bits per heavy atom. The molecule has 3 amide bonds. The lowest BCUT2D eigenvalue weighted by Gasteiger charge is -2.46. The minimum absolute atomic E-state index is 0.0625. The van der Waals surface area contributed by atoms with Gasteiger partial charge in [-0.3, -0.25) is 29.0 Å². The molecule has 0 unspecified atom stereocenters. The average Bonchev–Trinajstić information content (AvgIpc) is 3.60. The average molecular weight is 732 g/mol. The van der Waals surface area contributed by atoms with E-state index in [2.05, 4.69) is 51.6 Å². The molecule has 6 heterocycles. The van der Waals surface area contributed by atoms with Crippen molar-refractivity contribution in [3.05, 3.63) is 93.8 Å². The monoisotopic (exact) mass is 731 g/mol. The SMILES string of the molecule is C=CC(=O)Nc1cc(Nc2nc(-c3ccnc(N4CCn5c(cc6c5CC(C)(C)C6)C4=O)c3C)cn(C)c2=O)ccc1[C@@H]1C(=O)N(C)CCN1C1COC1. The van der Waals surface area contributed by atoms with E-state index in [0.29, 0.717) is 73.5 Å². The fourth-order valence-corrected chi connectivity index (χ4v) is 8.28. The van der Waals surface area contributed by atoms with Gasteiger partial charge in [0.1, 0.15) is 17.6 Å². The van der Waals surface area contributed by atoms with Crippen LogP contribution in [-0.4, -0.2) is 92.6 Å². The number of likely N-dealkylation sites (N-methyl/N-ethyl adjacent to an activating group) is 1. The highest BCUT2D eigenvalue weighted by Gasteiger charge is 2.42. The van der Waals surface area contributed by atoms with E-state index in [9.17, 15) is 19.2 Å². The molecule has 2 saturated heterocycles. The molecule has 2 fully saturated rings. The molecule has 4 aromatic rings. The second kappa shape index (κ2) is 13.4. The zero-order chi connectivity index (χ0) is 38.1. The molecule has 2 N–H and O–H groups in total. The van der Waals surface area contributed by atoms with Gasteiger partial charge < -0.3 is 29.4 Å². The Morgan fingerprint density at radius 3 is 2.57 bits per heavy atom. The smallest absolute Gasteiger partial charge is 0.293 e. The predicted octanol–water partition coefficient (Wildman–Crippen LogP) is 3.82. The first-order valence-electron chi connectivity index (χ1n) is 18.3. The van der Waals surface area contributed by atoms with Gasteiger partial charge in [0.25, 0.3) is 11.5 Å². The molecule has 3 aliphatic heterocycles. The van der Waals surface area contributed by atoms with Gasteiger partial charge in [-0.25, -0.2) is 9.97 Å². The van der Waals surface area contributed by atoms with E-state index in [0.717, 1.165) is 24.0 Å². The van der Waals surface area contributed by atoms with Crippen molar-refractivity contribution in [1.29, 1.82) is 0 Å². The van der Waals surface area contributed by atoms with E-state index in [1.807, 2.05) is 13.0 Å². The van der Waals surface area contributed by atoms with Crippen molar-refractivity contribution in [1.82, 2.24) is 28.9 Å². The third-order valence-corrected chi connectivity index (χ3v) is 11.2. The number of aryl methyl sites for hydroxylation is 1. The number of fused-ring (bicyclic) bond motifs is 3.